The number of hydrogen-bond donors (Lipinski definition) is 1. The van der Waals surface area contributed by atoms with Gasteiger partial charge in [0.1, 0.15) is 0 Å². The molecule has 1 aromatic heterocycles. The van der Waals surface area contributed by atoms with Gasteiger partial charge in [-0.3, -0.25) is 0 Å². The minimum absolute atomic E-state index is 0.103. The van der Waals surface area contributed by atoms with Crippen LogP contribution in [-0.2, 0) is 15.4 Å². The number of sulfonamides is 1. The molecule has 1 N–H and O–H groups in total. The topological polar surface area (TPSA) is 53.2 Å². The van der Waals surface area contributed by atoms with E-state index >= 15 is 0 Å². The molecule has 4 rings (SSSR count). The number of benzene rings is 2. The van der Waals surface area contributed by atoms with Crippen LogP contribution >= 0.6 is 11.6 Å². The van der Waals surface area contributed by atoms with E-state index in [1.165, 1.54) is 15.3 Å². The van der Waals surface area contributed by atoms with Gasteiger partial charge in [0.2, 0.25) is 10.0 Å². The molecule has 2 aromatic carbocycles. The molecule has 0 radical (unpaired) electrons. The zero-order valence-corrected chi connectivity index (χ0v) is 15.4. The Balaban J connectivity index is 1.64. The number of halogens is 1. The molecule has 6 heteroatoms. The van der Waals surface area contributed by atoms with Gasteiger partial charge in [0.25, 0.3) is 0 Å². The predicted molar refractivity (Wildman–Crippen MR) is 100 cm³/mol. The van der Waals surface area contributed by atoms with E-state index in [9.17, 15) is 8.42 Å². The monoisotopic (exact) mass is 374 g/mol. The quantitative estimate of drug-likeness (QED) is 0.728. The second-order valence-corrected chi connectivity index (χ2v) is 9.22. The molecule has 0 amide bonds. The molecular weight excluding hydrogens is 356 g/mol. The van der Waals surface area contributed by atoms with Crippen LogP contribution in [0.2, 0.25) is 5.02 Å². The summed E-state index contributed by atoms with van der Waals surface area (Å²) in [6, 6.07) is 14.5. The van der Waals surface area contributed by atoms with Crippen LogP contribution in [0.25, 0.3) is 10.9 Å². The third-order valence-electron chi connectivity index (χ3n) is 5.06. The molecule has 3 aromatic rings. The molecule has 0 aliphatic heterocycles. The van der Waals surface area contributed by atoms with Gasteiger partial charge in [0.15, 0.2) is 0 Å². The Hall–Kier alpha value is -1.82. The highest BCUT2D eigenvalue weighted by atomic mass is 35.5. The van der Waals surface area contributed by atoms with Crippen molar-refractivity contribution in [1.82, 2.24) is 9.29 Å². The first kappa shape index (κ1) is 16.6. The first-order chi connectivity index (χ1) is 11.9. The molecule has 1 saturated carbocycles. The van der Waals surface area contributed by atoms with Gasteiger partial charge in [-0.05, 0) is 48.7 Å². The van der Waals surface area contributed by atoms with Crippen LogP contribution in [0.1, 0.15) is 18.4 Å². The molecule has 1 heterocycles. The maximum Gasteiger partial charge on any atom is 0.242 e. The normalized spacial score (nSPS) is 16.4. The van der Waals surface area contributed by atoms with Crippen molar-refractivity contribution >= 4 is 32.5 Å². The summed E-state index contributed by atoms with van der Waals surface area (Å²) in [5.41, 5.74) is 2.20. The Kier molecular flexibility index (Phi) is 3.90. The van der Waals surface area contributed by atoms with E-state index in [4.69, 9.17) is 11.6 Å². The third-order valence-corrected chi connectivity index (χ3v) is 7.13. The fourth-order valence-electron chi connectivity index (χ4n) is 3.47. The van der Waals surface area contributed by atoms with Crippen LogP contribution in [0.5, 0.6) is 0 Å². The number of hydrogen-bond acceptors (Lipinski definition) is 2. The molecule has 1 aliphatic carbocycles. The molecule has 0 bridgehead atoms. The van der Waals surface area contributed by atoms with Gasteiger partial charge in [-0.15, -0.1) is 0 Å². The smallest absolute Gasteiger partial charge is 0.242 e. The van der Waals surface area contributed by atoms with Crippen LogP contribution in [-0.4, -0.2) is 31.3 Å². The summed E-state index contributed by atoms with van der Waals surface area (Å²) in [5.74, 6) is 0. The van der Waals surface area contributed by atoms with Gasteiger partial charge < -0.3 is 4.98 Å². The minimum atomic E-state index is -3.53. The summed E-state index contributed by atoms with van der Waals surface area (Å²) in [4.78, 5) is 3.57. The SMILES string of the molecule is CN(CC1(c2c[nH]c3ccccc23)CC1)S(=O)(=O)c1ccc(Cl)cc1. The Morgan fingerprint density at radius 3 is 2.48 bits per heavy atom. The first-order valence-corrected chi connectivity index (χ1v) is 10.0. The van der Waals surface area contributed by atoms with Gasteiger partial charge in [0, 0.05) is 41.1 Å². The fraction of sp³-hybridized carbons (Fsp3) is 0.263. The molecule has 4 nitrogen and oxygen atoms in total. The van der Waals surface area contributed by atoms with Crippen molar-refractivity contribution in [2.45, 2.75) is 23.2 Å². The Labute approximate surface area is 152 Å². The molecule has 130 valence electrons. The van der Waals surface area contributed by atoms with Crippen LogP contribution in [0.4, 0.5) is 0 Å². The highest BCUT2D eigenvalue weighted by Crippen LogP contribution is 2.51. The number of H-pyrrole nitrogens is 1. The second-order valence-electron chi connectivity index (χ2n) is 6.74. The van der Waals surface area contributed by atoms with Gasteiger partial charge in [-0.2, -0.15) is 0 Å². The van der Waals surface area contributed by atoms with E-state index in [2.05, 4.69) is 11.1 Å². The zero-order valence-electron chi connectivity index (χ0n) is 13.9. The fourth-order valence-corrected chi connectivity index (χ4v) is 4.85. The number of aromatic amines is 1. The molecule has 0 atom stereocenters. The molecule has 0 unspecified atom stereocenters. The van der Waals surface area contributed by atoms with Crippen molar-refractivity contribution in [3.63, 3.8) is 0 Å². The van der Waals surface area contributed by atoms with E-state index in [0.717, 1.165) is 18.4 Å². The molecule has 1 aliphatic rings. The predicted octanol–water partition coefficient (Wildman–Crippen LogP) is 4.17. The summed E-state index contributed by atoms with van der Waals surface area (Å²) < 4.78 is 27.2. The van der Waals surface area contributed by atoms with E-state index in [1.54, 1.807) is 31.3 Å². The lowest BCUT2D eigenvalue weighted by molar-refractivity contribution is 0.428. The highest BCUT2D eigenvalue weighted by Gasteiger charge is 2.48. The van der Waals surface area contributed by atoms with Gasteiger partial charge >= 0.3 is 0 Å². The number of rotatable bonds is 5. The van der Waals surface area contributed by atoms with Gasteiger partial charge in [-0.1, -0.05) is 29.8 Å². The third kappa shape index (κ3) is 2.86. The Morgan fingerprint density at radius 2 is 1.80 bits per heavy atom. The highest BCUT2D eigenvalue weighted by molar-refractivity contribution is 7.89. The maximum atomic E-state index is 12.9. The summed E-state index contributed by atoms with van der Waals surface area (Å²) >= 11 is 5.87. The average molecular weight is 375 g/mol. The largest absolute Gasteiger partial charge is 0.361 e. The van der Waals surface area contributed by atoms with E-state index in [1.807, 2.05) is 24.4 Å². The van der Waals surface area contributed by atoms with Crippen LogP contribution in [0.3, 0.4) is 0 Å². The summed E-state index contributed by atoms with van der Waals surface area (Å²) in [7, 11) is -1.88. The molecule has 0 spiro atoms. The molecular formula is C19H19ClN2O2S. The average Bonchev–Trinajstić information content (AvgIpc) is 3.24. The number of fused-ring (bicyclic) bond motifs is 1. The van der Waals surface area contributed by atoms with Crippen LogP contribution in [0, 0.1) is 0 Å². The van der Waals surface area contributed by atoms with Crippen molar-refractivity contribution < 1.29 is 8.42 Å². The number of aromatic nitrogens is 1. The maximum absolute atomic E-state index is 12.9. The minimum Gasteiger partial charge on any atom is -0.361 e. The second kappa shape index (κ2) is 5.87. The van der Waals surface area contributed by atoms with E-state index in [-0.39, 0.29) is 10.3 Å². The number of para-hydroxylation sites is 1. The van der Waals surface area contributed by atoms with E-state index < -0.39 is 10.0 Å². The first-order valence-electron chi connectivity index (χ1n) is 8.21. The summed E-state index contributed by atoms with van der Waals surface area (Å²) in [6.45, 7) is 0.472. The van der Waals surface area contributed by atoms with Gasteiger partial charge in [0.05, 0.1) is 4.90 Å². The standard InChI is InChI=1S/C19H19ClN2O2S/c1-22(25(23,24)15-8-6-14(20)7-9-15)13-19(10-11-19)17-12-21-18-5-3-2-4-16(17)18/h2-9,12,21H,10-11,13H2,1H3. The lowest BCUT2D eigenvalue weighted by Gasteiger charge is -2.23. The molecule has 1 fully saturated rings. The number of nitrogens with one attached hydrogen (secondary N) is 1. The molecule has 25 heavy (non-hydrogen) atoms. The lowest BCUT2D eigenvalue weighted by Crippen LogP contribution is -2.34. The van der Waals surface area contributed by atoms with Crippen molar-refractivity contribution in [3.05, 3.63) is 65.3 Å². The Morgan fingerprint density at radius 1 is 1.12 bits per heavy atom. The van der Waals surface area contributed by atoms with Crippen LogP contribution in [0.15, 0.2) is 59.6 Å². The van der Waals surface area contributed by atoms with E-state index in [0.29, 0.717) is 11.6 Å². The van der Waals surface area contributed by atoms with Crippen molar-refractivity contribution in [2.24, 2.45) is 0 Å². The summed E-state index contributed by atoms with van der Waals surface area (Å²) in [6.07, 6.45) is 4.02. The van der Waals surface area contributed by atoms with Crippen molar-refractivity contribution in [2.75, 3.05) is 13.6 Å². The zero-order chi connectivity index (χ0) is 17.7. The molecule has 0 saturated heterocycles. The summed E-state index contributed by atoms with van der Waals surface area (Å²) in [5, 5.41) is 1.70. The van der Waals surface area contributed by atoms with Crippen molar-refractivity contribution in [3.8, 4) is 0 Å². The van der Waals surface area contributed by atoms with Gasteiger partial charge in [-0.25, -0.2) is 12.7 Å². The number of nitrogens with zero attached hydrogens (tertiary/aromatic N) is 1. The Bertz CT molecular complexity index is 1020. The lowest BCUT2D eigenvalue weighted by atomic mass is 9.95. The number of likely N-dealkylation sites (N-methyl/N-ethyl adjacent to an activating group) is 1. The van der Waals surface area contributed by atoms with Crippen LogP contribution < -0.4 is 0 Å². The van der Waals surface area contributed by atoms with Crippen molar-refractivity contribution in [1.29, 1.82) is 0 Å².